The lowest BCUT2D eigenvalue weighted by Crippen LogP contribution is -2.32. The van der Waals surface area contributed by atoms with Gasteiger partial charge >= 0.3 is 5.97 Å². The Morgan fingerprint density at radius 2 is 1.71 bits per heavy atom. The van der Waals surface area contributed by atoms with Gasteiger partial charge in [0.05, 0.1) is 5.56 Å². The first kappa shape index (κ1) is 16.4. The lowest BCUT2D eigenvalue weighted by Gasteiger charge is -2.36. The molecule has 0 aliphatic carbocycles. The summed E-state index contributed by atoms with van der Waals surface area (Å²) >= 11 is 0. The Bertz CT molecular complexity index is 1140. The number of ether oxygens (including phenoxy) is 3. The minimum Gasteiger partial charge on any atom is -0.508 e. The van der Waals surface area contributed by atoms with Crippen LogP contribution in [-0.4, -0.2) is 24.0 Å². The molecule has 6 nitrogen and oxygen atoms in total. The van der Waals surface area contributed by atoms with E-state index in [1.807, 2.05) is 12.1 Å². The van der Waals surface area contributed by atoms with Gasteiger partial charge in [-0.15, -0.1) is 0 Å². The van der Waals surface area contributed by atoms with E-state index in [4.69, 9.17) is 14.2 Å². The molecule has 2 aliphatic rings. The summed E-state index contributed by atoms with van der Waals surface area (Å²) in [6.07, 6.45) is 0.657. The van der Waals surface area contributed by atoms with E-state index in [-0.39, 0.29) is 12.4 Å². The molecule has 28 heavy (non-hydrogen) atoms. The fourth-order valence-corrected chi connectivity index (χ4v) is 3.87. The molecule has 1 atom stereocenters. The van der Waals surface area contributed by atoms with Crippen LogP contribution in [-0.2, 0) is 15.1 Å². The summed E-state index contributed by atoms with van der Waals surface area (Å²) in [4.78, 5) is 23.3. The Hall–Kier alpha value is -3.80. The molecule has 2 aliphatic heterocycles. The van der Waals surface area contributed by atoms with E-state index in [1.54, 1.807) is 36.4 Å². The smallest absolute Gasteiger partial charge is 0.340 e. The van der Waals surface area contributed by atoms with Gasteiger partial charge in [-0.1, -0.05) is 18.2 Å². The zero-order chi connectivity index (χ0) is 19.3. The van der Waals surface area contributed by atoms with Crippen LogP contribution in [0.2, 0.25) is 0 Å². The molecule has 3 aromatic carbocycles. The number of benzene rings is 3. The van der Waals surface area contributed by atoms with E-state index in [2.05, 4.69) is 0 Å². The number of rotatable bonds is 3. The Kier molecular flexibility index (Phi) is 3.42. The van der Waals surface area contributed by atoms with Crippen LogP contribution in [0.25, 0.3) is 0 Å². The SMILES string of the molecule is O=CCOc1ccc2c(c1)Oc1cc(O)ccc1C21OC(=O)c2ccccc21. The standard InChI is InChI=1S/C22H14O6/c23-9-10-26-14-6-8-18-20(12-14)27-19-11-13(24)5-7-17(19)22(18)16-4-2-1-3-15(16)21(25)28-22/h1-9,11-12,24H,10H2. The Balaban J connectivity index is 1.79. The average Bonchev–Trinajstić information content (AvgIpc) is 2.99. The van der Waals surface area contributed by atoms with Crippen LogP contribution in [0.3, 0.4) is 0 Å². The Labute approximate surface area is 159 Å². The van der Waals surface area contributed by atoms with Crippen LogP contribution in [0.5, 0.6) is 23.0 Å². The van der Waals surface area contributed by atoms with Gasteiger partial charge in [-0.05, 0) is 30.3 Å². The zero-order valence-electron chi connectivity index (χ0n) is 14.5. The summed E-state index contributed by atoms with van der Waals surface area (Å²) in [5, 5.41) is 9.93. The van der Waals surface area contributed by atoms with Gasteiger partial charge in [-0.25, -0.2) is 4.79 Å². The van der Waals surface area contributed by atoms with E-state index >= 15 is 0 Å². The minimum atomic E-state index is -1.19. The lowest BCUT2D eigenvalue weighted by atomic mass is 9.77. The van der Waals surface area contributed by atoms with Crippen LogP contribution in [0.1, 0.15) is 27.0 Å². The Morgan fingerprint density at radius 1 is 0.964 bits per heavy atom. The number of hydrogen-bond acceptors (Lipinski definition) is 6. The van der Waals surface area contributed by atoms with Crippen molar-refractivity contribution in [3.8, 4) is 23.0 Å². The molecule has 5 rings (SSSR count). The molecule has 138 valence electrons. The summed E-state index contributed by atoms with van der Waals surface area (Å²) in [5.74, 6) is 0.852. The average molecular weight is 374 g/mol. The van der Waals surface area contributed by atoms with E-state index < -0.39 is 11.6 Å². The largest absolute Gasteiger partial charge is 0.508 e. The number of carbonyl (C=O) groups excluding carboxylic acids is 2. The number of aromatic hydroxyl groups is 1. The summed E-state index contributed by atoms with van der Waals surface area (Å²) < 4.78 is 17.3. The molecular formula is C22H14O6. The van der Waals surface area contributed by atoms with E-state index in [0.717, 1.165) is 0 Å². The zero-order valence-corrected chi connectivity index (χ0v) is 14.5. The van der Waals surface area contributed by atoms with Gasteiger partial charge in [0.1, 0.15) is 29.6 Å². The first-order valence-corrected chi connectivity index (χ1v) is 8.68. The van der Waals surface area contributed by atoms with Crippen molar-refractivity contribution in [2.24, 2.45) is 0 Å². The molecule has 0 bridgehead atoms. The van der Waals surface area contributed by atoms with Crippen molar-refractivity contribution in [1.82, 2.24) is 0 Å². The van der Waals surface area contributed by atoms with Crippen molar-refractivity contribution in [1.29, 1.82) is 0 Å². The molecule has 0 fully saturated rings. The van der Waals surface area contributed by atoms with Gasteiger partial charge in [0.2, 0.25) is 0 Å². The molecule has 0 radical (unpaired) electrons. The first-order chi connectivity index (χ1) is 13.6. The quantitative estimate of drug-likeness (QED) is 0.558. The summed E-state index contributed by atoms with van der Waals surface area (Å²) in [7, 11) is 0. The highest BCUT2D eigenvalue weighted by Gasteiger charge is 2.53. The third-order valence-corrected chi connectivity index (χ3v) is 4.99. The molecule has 6 heteroatoms. The van der Waals surface area contributed by atoms with E-state index in [1.165, 1.54) is 12.1 Å². The fourth-order valence-electron chi connectivity index (χ4n) is 3.87. The predicted molar refractivity (Wildman–Crippen MR) is 97.9 cm³/mol. The molecule has 0 amide bonds. The highest BCUT2D eigenvalue weighted by molar-refractivity contribution is 5.97. The van der Waals surface area contributed by atoms with Crippen molar-refractivity contribution < 1.29 is 28.9 Å². The van der Waals surface area contributed by atoms with Crippen molar-refractivity contribution in [2.75, 3.05) is 6.61 Å². The van der Waals surface area contributed by atoms with E-state index in [9.17, 15) is 14.7 Å². The maximum atomic E-state index is 12.7. The van der Waals surface area contributed by atoms with Crippen molar-refractivity contribution in [2.45, 2.75) is 5.60 Å². The van der Waals surface area contributed by atoms with Crippen molar-refractivity contribution >= 4 is 12.3 Å². The normalized spacial score (nSPS) is 18.5. The van der Waals surface area contributed by atoms with Gasteiger partial charge in [0.25, 0.3) is 0 Å². The minimum absolute atomic E-state index is 0.0309. The number of phenols is 1. The van der Waals surface area contributed by atoms with Gasteiger partial charge < -0.3 is 19.3 Å². The van der Waals surface area contributed by atoms with Crippen LogP contribution in [0.4, 0.5) is 0 Å². The molecule has 0 saturated carbocycles. The molecule has 3 aromatic rings. The molecular weight excluding hydrogens is 360 g/mol. The second kappa shape index (κ2) is 5.85. The maximum absolute atomic E-state index is 12.7. The topological polar surface area (TPSA) is 82.1 Å². The Morgan fingerprint density at radius 3 is 2.54 bits per heavy atom. The van der Waals surface area contributed by atoms with Crippen LogP contribution < -0.4 is 9.47 Å². The number of aldehydes is 1. The van der Waals surface area contributed by atoms with Crippen molar-refractivity contribution in [3.05, 3.63) is 82.9 Å². The number of carbonyl (C=O) groups is 2. The van der Waals surface area contributed by atoms with Crippen molar-refractivity contribution in [3.63, 3.8) is 0 Å². The molecule has 0 saturated heterocycles. The lowest BCUT2D eigenvalue weighted by molar-refractivity contribution is -0.109. The first-order valence-electron chi connectivity index (χ1n) is 8.68. The second-order valence-corrected chi connectivity index (χ2v) is 6.53. The summed E-state index contributed by atoms with van der Waals surface area (Å²) in [6, 6.07) is 17.0. The fraction of sp³-hybridized carbons (Fsp3) is 0.0909. The molecule has 1 unspecified atom stereocenters. The van der Waals surface area contributed by atoms with Crippen LogP contribution in [0.15, 0.2) is 60.7 Å². The number of esters is 1. The predicted octanol–water partition coefficient (Wildman–Crippen LogP) is 3.54. The van der Waals surface area contributed by atoms with Crippen LogP contribution >= 0.6 is 0 Å². The number of fused-ring (bicyclic) bond motifs is 6. The van der Waals surface area contributed by atoms with Crippen LogP contribution in [0, 0.1) is 0 Å². The van der Waals surface area contributed by atoms with Gasteiger partial charge in [-0.3, -0.25) is 4.79 Å². The maximum Gasteiger partial charge on any atom is 0.340 e. The third kappa shape index (κ3) is 2.15. The molecule has 0 aromatic heterocycles. The van der Waals surface area contributed by atoms with Gasteiger partial charge in [0, 0.05) is 28.8 Å². The molecule has 2 heterocycles. The summed E-state index contributed by atoms with van der Waals surface area (Å²) in [5.41, 5.74) is 1.27. The number of hydrogen-bond donors (Lipinski definition) is 1. The highest BCUT2D eigenvalue weighted by atomic mass is 16.6. The third-order valence-electron chi connectivity index (χ3n) is 4.99. The second-order valence-electron chi connectivity index (χ2n) is 6.53. The van der Waals surface area contributed by atoms with Gasteiger partial charge in [0.15, 0.2) is 11.9 Å². The van der Waals surface area contributed by atoms with Gasteiger partial charge in [-0.2, -0.15) is 0 Å². The monoisotopic (exact) mass is 374 g/mol. The van der Waals surface area contributed by atoms with E-state index in [0.29, 0.717) is 45.8 Å². The molecule has 1 spiro atoms. The molecule has 1 N–H and O–H groups in total. The number of phenolic OH excluding ortho intramolecular Hbond substituents is 1. The summed E-state index contributed by atoms with van der Waals surface area (Å²) in [6.45, 7) is -0.0842. The highest BCUT2D eigenvalue weighted by Crippen LogP contribution is 2.56.